The number of benzene rings is 1. The van der Waals surface area contributed by atoms with Gasteiger partial charge in [-0.15, -0.1) is 11.8 Å². The summed E-state index contributed by atoms with van der Waals surface area (Å²) in [6, 6.07) is 4.37. The monoisotopic (exact) mass is 231 g/mol. The summed E-state index contributed by atoms with van der Waals surface area (Å²) in [5, 5.41) is 17.8. The van der Waals surface area contributed by atoms with Crippen LogP contribution in [0.3, 0.4) is 0 Å². The molecule has 0 bridgehead atoms. The van der Waals surface area contributed by atoms with E-state index in [2.05, 4.69) is 0 Å². The molecular formula is C10H14FNO2S. The van der Waals surface area contributed by atoms with Crippen LogP contribution in [0, 0.1) is 5.82 Å². The van der Waals surface area contributed by atoms with Gasteiger partial charge >= 0.3 is 0 Å². The molecule has 0 aromatic heterocycles. The quantitative estimate of drug-likeness (QED) is 0.654. The molecule has 1 rings (SSSR count). The maximum atomic E-state index is 12.8. The molecule has 1 atom stereocenters. The normalized spacial score (nSPS) is 12.8. The summed E-state index contributed by atoms with van der Waals surface area (Å²) in [6.07, 6.45) is -0.759. The van der Waals surface area contributed by atoms with Crippen LogP contribution in [-0.2, 0) is 6.54 Å². The average molecular weight is 231 g/mol. The molecule has 15 heavy (non-hydrogen) atoms. The molecule has 0 aliphatic carbocycles. The fraction of sp³-hybridized carbons (Fsp3) is 0.400. The number of nitrogens with two attached hydrogens (primary N) is 1. The lowest BCUT2D eigenvalue weighted by atomic mass is 10.2. The molecule has 3 nitrogen and oxygen atoms in total. The zero-order valence-electron chi connectivity index (χ0n) is 8.19. The molecule has 0 spiro atoms. The van der Waals surface area contributed by atoms with Gasteiger partial charge in [-0.3, -0.25) is 0 Å². The Morgan fingerprint density at radius 3 is 2.80 bits per heavy atom. The van der Waals surface area contributed by atoms with Gasteiger partial charge in [0.05, 0.1) is 12.7 Å². The van der Waals surface area contributed by atoms with Crippen LogP contribution in [0.5, 0.6) is 0 Å². The molecule has 0 fully saturated rings. The van der Waals surface area contributed by atoms with E-state index in [-0.39, 0.29) is 19.0 Å². The van der Waals surface area contributed by atoms with Gasteiger partial charge in [0.25, 0.3) is 0 Å². The first-order valence-corrected chi connectivity index (χ1v) is 5.56. The molecule has 0 saturated carbocycles. The van der Waals surface area contributed by atoms with Crippen molar-refractivity contribution in [2.45, 2.75) is 17.5 Å². The van der Waals surface area contributed by atoms with Crippen LogP contribution in [-0.4, -0.2) is 28.7 Å². The second-order valence-electron chi connectivity index (χ2n) is 3.10. The molecule has 0 amide bonds. The number of aliphatic hydroxyl groups is 2. The first-order valence-electron chi connectivity index (χ1n) is 4.57. The van der Waals surface area contributed by atoms with Crippen molar-refractivity contribution in [2.24, 2.45) is 5.73 Å². The van der Waals surface area contributed by atoms with Crippen molar-refractivity contribution in [1.29, 1.82) is 0 Å². The Morgan fingerprint density at radius 1 is 1.47 bits per heavy atom. The summed E-state index contributed by atoms with van der Waals surface area (Å²) in [5.74, 6) is 0.0530. The zero-order chi connectivity index (χ0) is 11.3. The summed E-state index contributed by atoms with van der Waals surface area (Å²) < 4.78 is 12.8. The highest BCUT2D eigenvalue weighted by Gasteiger charge is 2.07. The smallest absolute Gasteiger partial charge is 0.123 e. The molecule has 84 valence electrons. The topological polar surface area (TPSA) is 66.5 Å². The Morgan fingerprint density at radius 2 is 2.20 bits per heavy atom. The molecule has 1 aromatic rings. The van der Waals surface area contributed by atoms with Gasteiger partial charge in [-0.05, 0) is 23.8 Å². The SMILES string of the molecule is NCc1cc(F)ccc1SCC(O)CO. The third-order valence-electron chi connectivity index (χ3n) is 1.88. The summed E-state index contributed by atoms with van der Waals surface area (Å²) in [5.41, 5.74) is 6.18. The number of halogens is 1. The Hall–Kier alpha value is -0.620. The lowest BCUT2D eigenvalue weighted by Gasteiger charge is -2.09. The third kappa shape index (κ3) is 3.79. The van der Waals surface area contributed by atoms with Crippen molar-refractivity contribution in [3.05, 3.63) is 29.6 Å². The highest BCUT2D eigenvalue weighted by atomic mass is 32.2. The first-order chi connectivity index (χ1) is 7.17. The molecule has 0 aliphatic heterocycles. The van der Waals surface area contributed by atoms with Crippen LogP contribution in [0.25, 0.3) is 0 Å². The minimum Gasteiger partial charge on any atom is -0.394 e. The van der Waals surface area contributed by atoms with Crippen LogP contribution in [0.15, 0.2) is 23.1 Å². The maximum absolute atomic E-state index is 12.8. The van der Waals surface area contributed by atoms with Gasteiger partial charge < -0.3 is 15.9 Å². The minimum absolute atomic E-state index is 0.259. The van der Waals surface area contributed by atoms with Gasteiger partial charge in [0.1, 0.15) is 5.82 Å². The van der Waals surface area contributed by atoms with Gasteiger partial charge in [0.15, 0.2) is 0 Å². The predicted molar refractivity (Wildman–Crippen MR) is 58.1 cm³/mol. The number of hydrogen-bond donors (Lipinski definition) is 3. The van der Waals surface area contributed by atoms with Crippen LogP contribution in [0.4, 0.5) is 4.39 Å². The average Bonchev–Trinajstić information content (AvgIpc) is 2.26. The number of aliphatic hydroxyl groups excluding tert-OH is 2. The van der Waals surface area contributed by atoms with E-state index in [1.165, 1.54) is 23.9 Å². The summed E-state index contributed by atoms with van der Waals surface area (Å²) in [7, 11) is 0. The lowest BCUT2D eigenvalue weighted by molar-refractivity contribution is 0.113. The van der Waals surface area contributed by atoms with Crippen molar-refractivity contribution in [3.8, 4) is 0 Å². The fourth-order valence-corrected chi connectivity index (χ4v) is 2.06. The van der Waals surface area contributed by atoms with Crippen molar-refractivity contribution < 1.29 is 14.6 Å². The molecule has 4 N–H and O–H groups in total. The van der Waals surface area contributed by atoms with Gasteiger partial charge in [-0.25, -0.2) is 4.39 Å². The number of thioether (sulfide) groups is 1. The molecule has 5 heteroatoms. The highest BCUT2D eigenvalue weighted by Crippen LogP contribution is 2.23. The van der Waals surface area contributed by atoms with Crippen molar-refractivity contribution >= 4 is 11.8 Å². The molecule has 0 saturated heterocycles. The van der Waals surface area contributed by atoms with E-state index in [4.69, 9.17) is 15.9 Å². The standard InChI is InChI=1S/C10H14FNO2S/c11-8-1-2-10(7(3-8)4-12)15-6-9(14)5-13/h1-3,9,13-14H,4-6,12H2. The van der Waals surface area contributed by atoms with Crippen LogP contribution in [0.1, 0.15) is 5.56 Å². The van der Waals surface area contributed by atoms with E-state index in [1.54, 1.807) is 6.07 Å². The number of hydrogen-bond acceptors (Lipinski definition) is 4. The van der Waals surface area contributed by atoms with E-state index in [0.717, 1.165) is 4.90 Å². The number of rotatable bonds is 5. The first kappa shape index (κ1) is 12.4. The molecule has 1 aromatic carbocycles. The van der Waals surface area contributed by atoms with E-state index in [9.17, 15) is 4.39 Å². The predicted octanol–water partition coefficient (Wildman–Crippen LogP) is 0.730. The molecule has 1 unspecified atom stereocenters. The van der Waals surface area contributed by atoms with E-state index in [0.29, 0.717) is 11.3 Å². The van der Waals surface area contributed by atoms with Gasteiger partial charge in [0, 0.05) is 17.2 Å². The summed E-state index contributed by atoms with van der Waals surface area (Å²) in [6.45, 7) is -0.0124. The summed E-state index contributed by atoms with van der Waals surface area (Å²) in [4.78, 5) is 0.839. The Labute approximate surface area is 92.1 Å². The lowest BCUT2D eigenvalue weighted by Crippen LogP contribution is -2.14. The van der Waals surface area contributed by atoms with E-state index >= 15 is 0 Å². The van der Waals surface area contributed by atoms with Gasteiger partial charge in [-0.1, -0.05) is 0 Å². The van der Waals surface area contributed by atoms with Crippen LogP contribution in [0.2, 0.25) is 0 Å². The van der Waals surface area contributed by atoms with E-state index < -0.39 is 6.10 Å². The van der Waals surface area contributed by atoms with Gasteiger partial charge in [0.2, 0.25) is 0 Å². The third-order valence-corrected chi connectivity index (χ3v) is 3.15. The second kappa shape index (κ2) is 6.07. The molecular weight excluding hydrogens is 217 g/mol. The molecule has 0 radical (unpaired) electrons. The minimum atomic E-state index is -0.759. The molecule has 0 heterocycles. The van der Waals surface area contributed by atoms with Crippen molar-refractivity contribution in [3.63, 3.8) is 0 Å². The summed E-state index contributed by atoms with van der Waals surface area (Å²) >= 11 is 1.36. The van der Waals surface area contributed by atoms with Crippen molar-refractivity contribution in [1.82, 2.24) is 0 Å². The second-order valence-corrected chi connectivity index (χ2v) is 4.17. The Balaban J connectivity index is 2.67. The largest absolute Gasteiger partial charge is 0.394 e. The fourth-order valence-electron chi connectivity index (χ4n) is 1.09. The van der Waals surface area contributed by atoms with E-state index in [1.807, 2.05) is 0 Å². The zero-order valence-corrected chi connectivity index (χ0v) is 9.01. The van der Waals surface area contributed by atoms with Crippen LogP contribution >= 0.6 is 11.8 Å². The van der Waals surface area contributed by atoms with Crippen molar-refractivity contribution in [2.75, 3.05) is 12.4 Å². The maximum Gasteiger partial charge on any atom is 0.123 e. The Kier molecular flexibility index (Phi) is 5.04. The van der Waals surface area contributed by atoms with Crippen LogP contribution < -0.4 is 5.73 Å². The van der Waals surface area contributed by atoms with Gasteiger partial charge in [-0.2, -0.15) is 0 Å². The Bertz CT molecular complexity index is 322. The molecule has 0 aliphatic rings. The highest BCUT2D eigenvalue weighted by molar-refractivity contribution is 7.99.